The lowest BCUT2D eigenvalue weighted by Crippen LogP contribution is -2.06. The molecule has 1 aromatic rings. The normalized spacial score (nSPS) is 12.4. The van der Waals surface area contributed by atoms with Crippen molar-refractivity contribution in [1.29, 1.82) is 0 Å². The molecule has 1 atom stereocenters. The minimum atomic E-state index is -0.733. The van der Waals surface area contributed by atoms with Gasteiger partial charge in [-0.05, 0) is 20.8 Å². The van der Waals surface area contributed by atoms with Crippen LogP contribution in [0, 0.1) is 19.7 Å². The predicted molar refractivity (Wildman–Crippen MR) is 59.6 cm³/mol. The Morgan fingerprint density at radius 3 is 1.94 bits per heavy atom. The second kappa shape index (κ2) is 4.70. The van der Waals surface area contributed by atoms with Crippen LogP contribution in [0.25, 0.3) is 0 Å². The zero-order chi connectivity index (χ0) is 12.5. The van der Waals surface area contributed by atoms with E-state index in [2.05, 4.69) is 0 Å². The second-order valence-electron chi connectivity index (χ2n) is 3.72. The fraction of sp³-hybridized carbons (Fsp3) is 0.500. The van der Waals surface area contributed by atoms with Crippen LogP contribution in [0.2, 0.25) is 0 Å². The summed E-state index contributed by atoms with van der Waals surface area (Å²) in [5.74, 6) is 0.0984. The van der Waals surface area contributed by atoms with Crippen LogP contribution in [0.1, 0.15) is 29.7 Å². The molecule has 0 radical (unpaired) electrons. The van der Waals surface area contributed by atoms with Gasteiger partial charge >= 0.3 is 0 Å². The molecule has 4 heteroatoms. The molecular formula is C12H17FO3. The Balaban J connectivity index is 3.64. The summed E-state index contributed by atoms with van der Waals surface area (Å²) in [6, 6.07) is 0. The molecule has 0 aliphatic heterocycles. The Bertz CT molecular complexity index is 400. The number of aliphatic hydroxyl groups excluding tert-OH is 1. The minimum Gasteiger partial charge on any atom is -0.496 e. The topological polar surface area (TPSA) is 38.7 Å². The Morgan fingerprint density at radius 2 is 1.56 bits per heavy atom. The molecule has 16 heavy (non-hydrogen) atoms. The van der Waals surface area contributed by atoms with Gasteiger partial charge in [-0.15, -0.1) is 0 Å². The number of methoxy groups -OCH3 is 2. The van der Waals surface area contributed by atoms with Crippen molar-refractivity contribution in [1.82, 2.24) is 0 Å². The van der Waals surface area contributed by atoms with Crippen molar-refractivity contribution < 1.29 is 19.0 Å². The fourth-order valence-electron chi connectivity index (χ4n) is 1.94. The van der Waals surface area contributed by atoms with Crippen molar-refractivity contribution >= 4 is 0 Å². The Morgan fingerprint density at radius 1 is 1.06 bits per heavy atom. The third-order valence-electron chi connectivity index (χ3n) is 2.68. The van der Waals surface area contributed by atoms with E-state index in [9.17, 15) is 9.50 Å². The van der Waals surface area contributed by atoms with E-state index in [-0.39, 0.29) is 5.75 Å². The first kappa shape index (κ1) is 12.8. The Kier molecular flexibility index (Phi) is 3.75. The van der Waals surface area contributed by atoms with Crippen LogP contribution in [0.5, 0.6) is 11.5 Å². The molecular weight excluding hydrogens is 211 g/mol. The van der Waals surface area contributed by atoms with E-state index in [4.69, 9.17) is 9.47 Å². The van der Waals surface area contributed by atoms with Gasteiger partial charge in [0.25, 0.3) is 0 Å². The average Bonchev–Trinajstić information content (AvgIpc) is 2.23. The summed E-state index contributed by atoms with van der Waals surface area (Å²) < 4.78 is 24.0. The summed E-state index contributed by atoms with van der Waals surface area (Å²) in [5.41, 5.74) is 1.48. The van der Waals surface area contributed by atoms with Crippen molar-refractivity contribution in [3.05, 3.63) is 22.5 Å². The van der Waals surface area contributed by atoms with Crippen LogP contribution in [0.15, 0.2) is 0 Å². The average molecular weight is 228 g/mol. The molecule has 0 amide bonds. The summed E-state index contributed by atoms with van der Waals surface area (Å²) in [5, 5.41) is 9.69. The van der Waals surface area contributed by atoms with Crippen LogP contribution < -0.4 is 9.47 Å². The van der Waals surface area contributed by atoms with Gasteiger partial charge in [-0.2, -0.15) is 0 Å². The minimum absolute atomic E-state index is 0.161. The smallest absolute Gasteiger partial charge is 0.171 e. The molecule has 0 saturated heterocycles. The van der Waals surface area contributed by atoms with Crippen molar-refractivity contribution in [3.8, 4) is 11.5 Å². The lowest BCUT2D eigenvalue weighted by atomic mass is 9.98. The van der Waals surface area contributed by atoms with Gasteiger partial charge < -0.3 is 14.6 Å². The molecule has 0 aromatic heterocycles. The van der Waals surface area contributed by atoms with Crippen LogP contribution >= 0.6 is 0 Å². The van der Waals surface area contributed by atoms with E-state index in [1.54, 1.807) is 20.8 Å². The monoisotopic (exact) mass is 228 g/mol. The third-order valence-corrected chi connectivity index (χ3v) is 2.68. The molecule has 90 valence electrons. The summed E-state index contributed by atoms with van der Waals surface area (Å²) in [7, 11) is 2.86. The maximum absolute atomic E-state index is 13.9. The molecule has 0 saturated carbocycles. The van der Waals surface area contributed by atoms with Gasteiger partial charge in [0.15, 0.2) is 11.6 Å². The SMILES string of the molecule is COc1c(C)c(C(C)O)c(OC)c(C)c1F. The van der Waals surface area contributed by atoms with Gasteiger partial charge in [0.2, 0.25) is 0 Å². The first-order valence-electron chi connectivity index (χ1n) is 5.04. The number of benzene rings is 1. The van der Waals surface area contributed by atoms with E-state index in [1.807, 2.05) is 0 Å². The van der Waals surface area contributed by atoms with Gasteiger partial charge in [-0.25, -0.2) is 4.39 Å². The first-order valence-corrected chi connectivity index (χ1v) is 5.04. The standard InChI is InChI=1S/C12H17FO3/c1-6-9(8(3)14)11(15-4)7(2)10(13)12(6)16-5/h8,14H,1-5H3. The van der Waals surface area contributed by atoms with Crippen LogP contribution in [-0.2, 0) is 0 Å². The molecule has 3 nitrogen and oxygen atoms in total. The summed E-state index contributed by atoms with van der Waals surface area (Å²) in [4.78, 5) is 0. The highest BCUT2D eigenvalue weighted by Gasteiger charge is 2.23. The van der Waals surface area contributed by atoms with Gasteiger partial charge in [0, 0.05) is 16.7 Å². The van der Waals surface area contributed by atoms with Crippen LogP contribution in [-0.4, -0.2) is 19.3 Å². The van der Waals surface area contributed by atoms with Crippen molar-refractivity contribution in [3.63, 3.8) is 0 Å². The molecule has 1 unspecified atom stereocenters. The lowest BCUT2D eigenvalue weighted by Gasteiger charge is -2.20. The highest BCUT2D eigenvalue weighted by molar-refractivity contribution is 5.54. The lowest BCUT2D eigenvalue weighted by molar-refractivity contribution is 0.192. The van der Waals surface area contributed by atoms with Crippen LogP contribution in [0.3, 0.4) is 0 Å². The summed E-state index contributed by atoms with van der Waals surface area (Å²) >= 11 is 0. The van der Waals surface area contributed by atoms with Crippen molar-refractivity contribution in [2.45, 2.75) is 26.9 Å². The zero-order valence-corrected chi connectivity index (χ0v) is 10.2. The number of halogens is 1. The van der Waals surface area contributed by atoms with Gasteiger partial charge in [-0.3, -0.25) is 0 Å². The molecule has 0 aliphatic rings. The predicted octanol–water partition coefficient (Wildman–Crippen LogP) is 2.51. The molecule has 1 aromatic carbocycles. The third kappa shape index (κ3) is 1.85. The van der Waals surface area contributed by atoms with E-state index < -0.39 is 11.9 Å². The maximum Gasteiger partial charge on any atom is 0.171 e. The van der Waals surface area contributed by atoms with Gasteiger partial charge in [0.1, 0.15) is 5.75 Å². The fourth-order valence-corrected chi connectivity index (χ4v) is 1.94. The molecule has 1 N–H and O–H groups in total. The summed E-state index contributed by atoms with van der Waals surface area (Å²) in [6.45, 7) is 4.91. The number of hydrogen-bond donors (Lipinski definition) is 1. The zero-order valence-electron chi connectivity index (χ0n) is 10.2. The quantitative estimate of drug-likeness (QED) is 0.864. The molecule has 0 spiro atoms. The molecule has 0 fully saturated rings. The van der Waals surface area contributed by atoms with E-state index in [0.29, 0.717) is 22.4 Å². The molecule has 1 rings (SSSR count). The highest BCUT2D eigenvalue weighted by atomic mass is 19.1. The number of aliphatic hydroxyl groups is 1. The number of ether oxygens (including phenoxy) is 2. The van der Waals surface area contributed by atoms with Crippen molar-refractivity contribution in [2.24, 2.45) is 0 Å². The molecule has 0 bridgehead atoms. The Labute approximate surface area is 94.8 Å². The Hall–Kier alpha value is -1.29. The molecule has 0 heterocycles. The van der Waals surface area contributed by atoms with Crippen LogP contribution in [0.4, 0.5) is 4.39 Å². The first-order chi connectivity index (χ1) is 7.45. The highest BCUT2D eigenvalue weighted by Crippen LogP contribution is 2.39. The maximum atomic E-state index is 13.9. The molecule has 0 aliphatic carbocycles. The summed E-state index contributed by atoms with van der Waals surface area (Å²) in [6.07, 6.45) is -0.733. The van der Waals surface area contributed by atoms with E-state index >= 15 is 0 Å². The second-order valence-corrected chi connectivity index (χ2v) is 3.72. The van der Waals surface area contributed by atoms with E-state index in [1.165, 1.54) is 14.2 Å². The largest absolute Gasteiger partial charge is 0.496 e. The van der Waals surface area contributed by atoms with Gasteiger partial charge in [-0.1, -0.05) is 0 Å². The van der Waals surface area contributed by atoms with Crippen molar-refractivity contribution in [2.75, 3.05) is 14.2 Å². The number of rotatable bonds is 3. The van der Waals surface area contributed by atoms with E-state index in [0.717, 1.165) is 0 Å². The van der Waals surface area contributed by atoms with Gasteiger partial charge in [0.05, 0.1) is 20.3 Å². The number of hydrogen-bond acceptors (Lipinski definition) is 3.